The van der Waals surface area contributed by atoms with Crippen LogP contribution in [0.1, 0.15) is 10.4 Å². The summed E-state index contributed by atoms with van der Waals surface area (Å²) in [6, 6.07) is 5.06. The Balaban J connectivity index is 2.71. The van der Waals surface area contributed by atoms with Crippen LogP contribution in [0.4, 0.5) is 0 Å². The van der Waals surface area contributed by atoms with Crippen molar-refractivity contribution in [3.63, 3.8) is 0 Å². The molecule has 5 nitrogen and oxygen atoms in total. The number of carbonyl (C=O) groups excluding carboxylic acids is 1. The van der Waals surface area contributed by atoms with Gasteiger partial charge in [0.1, 0.15) is 0 Å². The zero-order valence-corrected chi connectivity index (χ0v) is 7.53. The maximum atomic E-state index is 11.4. The number of rotatable bonds is 1. The second kappa shape index (κ2) is 3.02. The van der Waals surface area contributed by atoms with Gasteiger partial charge in [0, 0.05) is 7.05 Å². The van der Waals surface area contributed by atoms with Crippen LogP contribution in [-0.4, -0.2) is 28.3 Å². The number of benzene rings is 1. The van der Waals surface area contributed by atoms with Crippen molar-refractivity contribution < 1.29 is 9.90 Å². The number of aromatic hydroxyl groups is 1. The second-order valence-corrected chi connectivity index (χ2v) is 2.85. The normalized spacial score (nSPS) is 10.4. The third-order valence-electron chi connectivity index (χ3n) is 2.05. The van der Waals surface area contributed by atoms with Gasteiger partial charge in [-0.15, -0.1) is 5.10 Å². The molecular formula is C9H9N3O2. The number of fused-ring (bicyclic) bond motifs is 1. The molecule has 0 bridgehead atoms. The summed E-state index contributed by atoms with van der Waals surface area (Å²) in [6.07, 6.45) is 0. The molecular weight excluding hydrogens is 182 g/mol. The van der Waals surface area contributed by atoms with E-state index in [2.05, 4.69) is 15.5 Å². The Bertz CT molecular complexity index is 490. The largest absolute Gasteiger partial charge is 0.492 e. The van der Waals surface area contributed by atoms with Gasteiger partial charge in [0.25, 0.3) is 5.91 Å². The minimum Gasteiger partial charge on any atom is -0.492 e. The smallest absolute Gasteiger partial charge is 0.253 e. The van der Waals surface area contributed by atoms with E-state index in [0.717, 1.165) is 0 Å². The van der Waals surface area contributed by atoms with Crippen molar-refractivity contribution in [2.45, 2.75) is 0 Å². The van der Waals surface area contributed by atoms with Crippen molar-refractivity contribution in [1.29, 1.82) is 0 Å². The average molecular weight is 191 g/mol. The zero-order chi connectivity index (χ0) is 10.1. The fourth-order valence-corrected chi connectivity index (χ4v) is 1.35. The molecule has 0 radical (unpaired) electrons. The molecule has 0 aliphatic rings. The van der Waals surface area contributed by atoms with Gasteiger partial charge >= 0.3 is 0 Å². The van der Waals surface area contributed by atoms with Crippen molar-refractivity contribution in [3.8, 4) is 5.88 Å². The molecule has 0 saturated heterocycles. The van der Waals surface area contributed by atoms with E-state index in [1.165, 1.54) is 0 Å². The van der Waals surface area contributed by atoms with Gasteiger partial charge in [-0.3, -0.25) is 9.89 Å². The van der Waals surface area contributed by atoms with Gasteiger partial charge in [-0.25, -0.2) is 0 Å². The minimum atomic E-state index is -0.209. The lowest BCUT2D eigenvalue weighted by atomic mass is 10.1. The van der Waals surface area contributed by atoms with Crippen molar-refractivity contribution in [2.75, 3.05) is 7.05 Å². The molecule has 5 heteroatoms. The Morgan fingerprint density at radius 3 is 3.07 bits per heavy atom. The summed E-state index contributed by atoms with van der Waals surface area (Å²) < 4.78 is 0. The SMILES string of the molecule is CNC(=O)c1cccc2c(O)n[nH]c12. The number of hydrogen-bond donors (Lipinski definition) is 3. The first-order chi connectivity index (χ1) is 6.74. The summed E-state index contributed by atoms with van der Waals surface area (Å²) in [4.78, 5) is 11.4. The highest BCUT2D eigenvalue weighted by Gasteiger charge is 2.12. The predicted octanol–water partition coefficient (Wildman–Crippen LogP) is 0.628. The van der Waals surface area contributed by atoms with E-state index in [9.17, 15) is 9.90 Å². The summed E-state index contributed by atoms with van der Waals surface area (Å²) in [5, 5.41) is 18.6. The van der Waals surface area contributed by atoms with Crippen LogP contribution in [0.5, 0.6) is 5.88 Å². The van der Waals surface area contributed by atoms with E-state index in [0.29, 0.717) is 16.5 Å². The highest BCUT2D eigenvalue weighted by atomic mass is 16.3. The summed E-state index contributed by atoms with van der Waals surface area (Å²) in [5.74, 6) is -0.301. The van der Waals surface area contributed by atoms with E-state index in [1.54, 1.807) is 25.2 Å². The molecule has 0 aliphatic heterocycles. The molecule has 0 unspecified atom stereocenters. The van der Waals surface area contributed by atoms with Gasteiger partial charge in [-0.2, -0.15) is 0 Å². The van der Waals surface area contributed by atoms with E-state index in [4.69, 9.17) is 0 Å². The molecule has 0 fully saturated rings. The lowest BCUT2D eigenvalue weighted by Gasteiger charge is -1.99. The van der Waals surface area contributed by atoms with Gasteiger partial charge < -0.3 is 10.4 Å². The lowest BCUT2D eigenvalue weighted by Crippen LogP contribution is -2.18. The van der Waals surface area contributed by atoms with Crippen LogP contribution in [0.3, 0.4) is 0 Å². The predicted molar refractivity (Wildman–Crippen MR) is 51.1 cm³/mol. The first-order valence-electron chi connectivity index (χ1n) is 4.12. The lowest BCUT2D eigenvalue weighted by molar-refractivity contribution is 0.0964. The van der Waals surface area contributed by atoms with Gasteiger partial charge in [0.2, 0.25) is 5.88 Å². The van der Waals surface area contributed by atoms with Gasteiger partial charge in [-0.1, -0.05) is 6.07 Å². The highest BCUT2D eigenvalue weighted by Crippen LogP contribution is 2.23. The molecule has 1 heterocycles. The molecule has 3 N–H and O–H groups in total. The van der Waals surface area contributed by atoms with Crippen LogP contribution in [0.15, 0.2) is 18.2 Å². The molecule has 14 heavy (non-hydrogen) atoms. The molecule has 0 atom stereocenters. The molecule has 2 aromatic rings. The maximum Gasteiger partial charge on any atom is 0.253 e. The van der Waals surface area contributed by atoms with Crippen LogP contribution in [0, 0.1) is 0 Å². The first-order valence-corrected chi connectivity index (χ1v) is 4.12. The number of nitrogens with zero attached hydrogens (tertiary/aromatic N) is 1. The zero-order valence-electron chi connectivity index (χ0n) is 7.53. The molecule has 0 aliphatic carbocycles. The minimum absolute atomic E-state index is 0.0919. The molecule has 0 saturated carbocycles. The van der Waals surface area contributed by atoms with Crippen molar-refractivity contribution in [1.82, 2.24) is 15.5 Å². The average Bonchev–Trinajstić information content (AvgIpc) is 2.59. The van der Waals surface area contributed by atoms with E-state index >= 15 is 0 Å². The number of para-hydroxylation sites is 1. The quantitative estimate of drug-likeness (QED) is 0.618. The van der Waals surface area contributed by atoms with Crippen LogP contribution in [0.2, 0.25) is 0 Å². The summed E-state index contributed by atoms with van der Waals surface area (Å²) in [7, 11) is 1.55. The van der Waals surface area contributed by atoms with Crippen LogP contribution in [0.25, 0.3) is 10.9 Å². The number of aromatic amines is 1. The number of H-pyrrole nitrogens is 1. The summed E-state index contributed by atoms with van der Waals surface area (Å²) in [5.41, 5.74) is 1.02. The number of nitrogens with one attached hydrogen (secondary N) is 2. The Hall–Kier alpha value is -2.04. The number of aromatic nitrogens is 2. The van der Waals surface area contributed by atoms with E-state index in [1.807, 2.05) is 0 Å². The van der Waals surface area contributed by atoms with Gasteiger partial charge in [-0.05, 0) is 12.1 Å². The van der Waals surface area contributed by atoms with E-state index < -0.39 is 0 Å². The molecule has 72 valence electrons. The fourth-order valence-electron chi connectivity index (χ4n) is 1.35. The summed E-state index contributed by atoms with van der Waals surface area (Å²) in [6.45, 7) is 0. The highest BCUT2D eigenvalue weighted by molar-refractivity contribution is 6.06. The second-order valence-electron chi connectivity index (χ2n) is 2.85. The van der Waals surface area contributed by atoms with Crippen molar-refractivity contribution in [2.24, 2.45) is 0 Å². The number of carbonyl (C=O) groups is 1. The topological polar surface area (TPSA) is 78.0 Å². The van der Waals surface area contributed by atoms with Gasteiger partial charge in [0.15, 0.2) is 0 Å². The number of amides is 1. The molecule has 1 amide bonds. The maximum absolute atomic E-state index is 11.4. The number of hydrogen-bond acceptors (Lipinski definition) is 3. The standard InChI is InChI=1S/C9H9N3O2/c1-10-8(13)5-3-2-4-6-7(5)11-12-9(6)14/h2-4H,1H3,(H,10,13)(H2,11,12,14). The van der Waals surface area contributed by atoms with Crippen LogP contribution in [-0.2, 0) is 0 Å². The molecule has 0 spiro atoms. The Morgan fingerprint density at radius 1 is 1.57 bits per heavy atom. The third-order valence-corrected chi connectivity index (χ3v) is 2.05. The first kappa shape index (κ1) is 8.55. The Labute approximate surface area is 79.7 Å². The van der Waals surface area contributed by atoms with Crippen molar-refractivity contribution in [3.05, 3.63) is 23.8 Å². The molecule has 1 aromatic heterocycles. The Kier molecular flexibility index (Phi) is 1.85. The molecule has 1 aromatic carbocycles. The fraction of sp³-hybridized carbons (Fsp3) is 0.111. The monoisotopic (exact) mass is 191 g/mol. The van der Waals surface area contributed by atoms with Gasteiger partial charge in [0.05, 0.1) is 16.5 Å². The molecule has 2 rings (SSSR count). The van der Waals surface area contributed by atoms with Crippen LogP contribution >= 0.6 is 0 Å². The Morgan fingerprint density at radius 2 is 2.36 bits per heavy atom. The summed E-state index contributed by atoms with van der Waals surface area (Å²) >= 11 is 0. The van der Waals surface area contributed by atoms with Crippen molar-refractivity contribution >= 4 is 16.8 Å². The van der Waals surface area contributed by atoms with E-state index in [-0.39, 0.29) is 11.8 Å². The van der Waals surface area contributed by atoms with Crippen LogP contribution < -0.4 is 5.32 Å². The third kappa shape index (κ3) is 1.10.